The average molecular weight is 485 g/mol. The number of phenolic OH excluding ortho intramolecular Hbond substituents is 1. The van der Waals surface area contributed by atoms with Crippen molar-refractivity contribution >= 4 is 11.9 Å². The molecule has 0 saturated carbocycles. The molecule has 2 rings (SSSR count). The van der Waals surface area contributed by atoms with Crippen LogP contribution in [-0.2, 0) is 24.1 Å². The predicted molar refractivity (Wildman–Crippen MR) is 116 cm³/mol. The first kappa shape index (κ1) is 26.9. The molecule has 2 N–H and O–H groups in total. The van der Waals surface area contributed by atoms with Crippen molar-refractivity contribution in [1.29, 1.82) is 0 Å². The molecule has 1 amide bonds. The topological polar surface area (TPSA) is 84.9 Å². The average Bonchev–Trinajstić information content (AvgIpc) is 2.68. The van der Waals surface area contributed by atoms with Crippen LogP contribution in [0.1, 0.15) is 61.7 Å². The largest absolute Gasteiger partial charge is 0.506 e. The lowest BCUT2D eigenvalue weighted by Crippen LogP contribution is -2.32. The Morgan fingerprint density at radius 1 is 1.09 bits per heavy atom. The van der Waals surface area contributed by atoms with Gasteiger partial charge < -0.3 is 19.9 Å². The van der Waals surface area contributed by atoms with Crippen molar-refractivity contribution in [2.24, 2.45) is 5.92 Å². The van der Waals surface area contributed by atoms with Gasteiger partial charge in [-0.25, -0.2) is 9.18 Å². The molecule has 186 valence electrons. The first-order chi connectivity index (χ1) is 15.6. The van der Waals surface area contributed by atoms with E-state index < -0.39 is 64.6 Å². The molecule has 0 radical (unpaired) electrons. The summed E-state index contributed by atoms with van der Waals surface area (Å²) in [5, 5.41) is 12.6. The van der Waals surface area contributed by atoms with Crippen LogP contribution in [-0.4, -0.2) is 22.6 Å². The van der Waals surface area contributed by atoms with Gasteiger partial charge >= 0.3 is 12.3 Å². The number of amides is 1. The lowest BCUT2D eigenvalue weighted by molar-refractivity contribution is -0.140. The first-order valence-corrected chi connectivity index (χ1v) is 10.4. The molecular weight excluding hydrogens is 458 g/mol. The molecule has 0 aromatic heterocycles. The fourth-order valence-corrected chi connectivity index (χ4v) is 2.94. The highest BCUT2D eigenvalue weighted by Gasteiger charge is 2.40. The minimum Gasteiger partial charge on any atom is -0.506 e. The number of carbonyl (C=O) groups excluding carboxylic acids is 2. The Bertz CT molecular complexity index is 1060. The van der Waals surface area contributed by atoms with Gasteiger partial charge in [0.2, 0.25) is 0 Å². The maximum absolute atomic E-state index is 14.4. The van der Waals surface area contributed by atoms with Gasteiger partial charge in [0.05, 0.1) is 5.56 Å². The van der Waals surface area contributed by atoms with Crippen LogP contribution in [0.25, 0.3) is 0 Å². The van der Waals surface area contributed by atoms with E-state index in [-0.39, 0.29) is 17.7 Å². The highest BCUT2D eigenvalue weighted by Crippen LogP contribution is 2.44. The van der Waals surface area contributed by atoms with Crippen LogP contribution in [0.2, 0.25) is 0 Å². The Kier molecular flexibility index (Phi) is 8.18. The highest BCUT2D eigenvalue weighted by atomic mass is 19.4. The molecule has 0 saturated heterocycles. The van der Waals surface area contributed by atoms with Crippen LogP contribution in [0.4, 0.5) is 22.4 Å². The van der Waals surface area contributed by atoms with Gasteiger partial charge in [0.25, 0.3) is 0 Å². The minimum atomic E-state index is -4.99. The van der Waals surface area contributed by atoms with Crippen LogP contribution in [0.3, 0.4) is 0 Å². The van der Waals surface area contributed by atoms with Crippen LogP contribution in [0, 0.1) is 11.7 Å². The summed E-state index contributed by atoms with van der Waals surface area (Å²) < 4.78 is 65.5. The molecular formula is C24H27F4NO5. The normalized spacial score (nSPS) is 11.9. The third-order valence-electron chi connectivity index (χ3n) is 4.55. The van der Waals surface area contributed by atoms with Gasteiger partial charge in [0, 0.05) is 18.0 Å². The number of ketones is 1. The number of carbonyl (C=O) groups is 2. The molecule has 0 fully saturated rings. The Hall–Kier alpha value is -3.30. The number of ether oxygens (including phenoxy) is 2. The summed E-state index contributed by atoms with van der Waals surface area (Å²) in [6, 6.07) is 5.87. The van der Waals surface area contributed by atoms with Crippen molar-refractivity contribution in [2.45, 2.75) is 59.5 Å². The van der Waals surface area contributed by atoms with Crippen LogP contribution < -0.4 is 10.1 Å². The van der Waals surface area contributed by atoms with Crippen LogP contribution in [0.5, 0.6) is 11.5 Å². The zero-order chi connectivity index (χ0) is 25.8. The number of alkyl halides is 3. The van der Waals surface area contributed by atoms with E-state index in [4.69, 9.17) is 9.47 Å². The van der Waals surface area contributed by atoms with Gasteiger partial charge in [-0.3, -0.25) is 4.79 Å². The first-order valence-electron chi connectivity index (χ1n) is 10.4. The second kappa shape index (κ2) is 10.3. The monoisotopic (exact) mass is 485 g/mol. The van der Waals surface area contributed by atoms with Crippen molar-refractivity contribution in [3.63, 3.8) is 0 Å². The van der Waals surface area contributed by atoms with Gasteiger partial charge in [0.1, 0.15) is 35.1 Å². The second-order valence-corrected chi connectivity index (χ2v) is 8.92. The van der Waals surface area contributed by atoms with Gasteiger partial charge in [-0.2, -0.15) is 13.2 Å². The molecule has 0 spiro atoms. The molecule has 0 heterocycles. The lowest BCUT2D eigenvalue weighted by Gasteiger charge is -2.20. The summed E-state index contributed by atoms with van der Waals surface area (Å²) in [6.45, 7) is 7.46. The van der Waals surface area contributed by atoms with E-state index in [1.165, 1.54) is 26.0 Å². The molecule has 34 heavy (non-hydrogen) atoms. The number of aromatic hydroxyl groups is 1. The summed E-state index contributed by atoms with van der Waals surface area (Å²) in [7, 11) is 0. The van der Waals surface area contributed by atoms with E-state index in [9.17, 15) is 32.3 Å². The van der Waals surface area contributed by atoms with Crippen LogP contribution >= 0.6 is 0 Å². The number of nitrogens with one attached hydrogen (secondary N) is 1. The van der Waals surface area contributed by atoms with Gasteiger partial charge in [-0.05, 0) is 44.5 Å². The van der Waals surface area contributed by atoms with Gasteiger partial charge in [-0.1, -0.05) is 26.0 Å². The lowest BCUT2D eigenvalue weighted by atomic mass is 9.97. The van der Waals surface area contributed by atoms with E-state index in [0.29, 0.717) is 0 Å². The standard InChI is InChI=1S/C24H27F4NO5/c1-13(2)20(30)16-8-9-18(19(21(16)31)24(26,27)28)33-12-14-6-7-15(17(25)10-14)11-29-22(32)34-23(3,4)5/h6-10,13,31H,11-12H2,1-5H3,(H,29,32). The number of phenols is 1. The van der Waals surface area contributed by atoms with Gasteiger partial charge in [0.15, 0.2) is 5.78 Å². The number of Topliss-reactive ketones (excluding diaryl/α,β-unsaturated/α-hetero) is 1. The summed E-state index contributed by atoms with van der Waals surface area (Å²) in [6.07, 6.45) is -5.71. The predicted octanol–water partition coefficient (Wildman–Crippen LogP) is 5.99. The molecule has 2 aromatic rings. The summed E-state index contributed by atoms with van der Waals surface area (Å²) in [5.74, 6) is -3.87. The number of hydrogen-bond donors (Lipinski definition) is 2. The number of benzene rings is 2. The zero-order valence-corrected chi connectivity index (χ0v) is 19.5. The van der Waals surface area contributed by atoms with Gasteiger partial charge in [-0.15, -0.1) is 0 Å². The molecule has 10 heteroatoms. The molecule has 0 atom stereocenters. The molecule has 0 unspecified atom stereocenters. The van der Waals surface area contributed by atoms with E-state index in [0.717, 1.165) is 18.2 Å². The van der Waals surface area contributed by atoms with Crippen molar-refractivity contribution < 1.29 is 41.7 Å². The van der Waals surface area contributed by atoms with Crippen LogP contribution in [0.15, 0.2) is 30.3 Å². The minimum absolute atomic E-state index is 0.139. The summed E-state index contributed by atoms with van der Waals surface area (Å²) in [5.41, 5.74) is -2.29. The van der Waals surface area contributed by atoms with Crippen molar-refractivity contribution in [3.8, 4) is 11.5 Å². The Labute approximate surface area is 194 Å². The summed E-state index contributed by atoms with van der Waals surface area (Å²) in [4.78, 5) is 23.8. The third kappa shape index (κ3) is 7.10. The number of halogens is 4. The fourth-order valence-electron chi connectivity index (χ4n) is 2.94. The highest BCUT2D eigenvalue weighted by molar-refractivity contribution is 6.00. The summed E-state index contributed by atoms with van der Waals surface area (Å²) >= 11 is 0. The van der Waals surface area contributed by atoms with E-state index in [2.05, 4.69) is 5.32 Å². The molecule has 6 nitrogen and oxygen atoms in total. The zero-order valence-electron chi connectivity index (χ0n) is 19.5. The molecule has 2 aromatic carbocycles. The maximum atomic E-state index is 14.4. The van der Waals surface area contributed by atoms with Crippen molar-refractivity contribution in [3.05, 3.63) is 58.4 Å². The second-order valence-electron chi connectivity index (χ2n) is 8.92. The smallest absolute Gasteiger partial charge is 0.423 e. The third-order valence-corrected chi connectivity index (χ3v) is 4.55. The van der Waals surface area contributed by atoms with Crippen molar-refractivity contribution in [1.82, 2.24) is 5.32 Å². The maximum Gasteiger partial charge on any atom is 0.423 e. The molecule has 0 aliphatic rings. The molecule has 0 aliphatic carbocycles. The fraction of sp³-hybridized carbons (Fsp3) is 0.417. The Balaban J connectivity index is 2.17. The Morgan fingerprint density at radius 3 is 2.26 bits per heavy atom. The van der Waals surface area contributed by atoms with Crippen molar-refractivity contribution in [2.75, 3.05) is 0 Å². The van der Waals surface area contributed by atoms with E-state index >= 15 is 0 Å². The molecule has 0 aliphatic heterocycles. The number of hydrogen-bond acceptors (Lipinski definition) is 5. The van der Waals surface area contributed by atoms with E-state index in [1.54, 1.807) is 20.8 Å². The quantitative estimate of drug-likeness (QED) is 0.372. The SMILES string of the molecule is CC(C)C(=O)c1ccc(OCc2ccc(CNC(=O)OC(C)(C)C)c(F)c2)c(C(F)(F)F)c1O. The molecule has 0 bridgehead atoms. The number of alkyl carbamates (subject to hydrolysis) is 1. The number of rotatable bonds is 7. The van der Waals surface area contributed by atoms with E-state index in [1.807, 2.05) is 0 Å². The Morgan fingerprint density at radius 2 is 1.74 bits per heavy atom.